The zero-order valence-corrected chi connectivity index (χ0v) is 17.9. The molecule has 1 aromatic heterocycles. The lowest BCUT2D eigenvalue weighted by Gasteiger charge is -2.11. The second-order valence-corrected chi connectivity index (χ2v) is 6.25. The first kappa shape index (κ1) is 22.2. The van der Waals surface area contributed by atoms with Gasteiger partial charge in [0.2, 0.25) is 0 Å². The minimum Gasteiger partial charge on any atom is -0.357 e. The van der Waals surface area contributed by atoms with Crippen molar-refractivity contribution in [3.63, 3.8) is 0 Å². The van der Waals surface area contributed by atoms with Crippen molar-refractivity contribution in [2.24, 2.45) is 18.0 Å². The molecule has 1 rings (SSSR count). The van der Waals surface area contributed by atoms with E-state index in [0.717, 1.165) is 50.0 Å². The van der Waals surface area contributed by atoms with Crippen LogP contribution < -0.4 is 10.6 Å². The van der Waals surface area contributed by atoms with Crippen LogP contribution in [-0.2, 0) is 13.5 Å². The Kier molecular flexibility index (Phi) is 11.3. The van der Waals surface area contributed by atoms with E-state index < -0.39 is 0 Å². The van der Waals surface area contributed by atoms with Crippen LogP contribution in [0.4, 0.5) is 0 Å². The lowest BCUT2D eigenvalue weighted by atomic mass is 10.1. The van der Waals surface area contributed by atoms with Crippen molar-refractivity contribution in [3.05, 3.63) is 17.0 Å². The van der Waals surface area contributed by atoms with E-state index in [4.69, 9.17) is 0 Å². The van der Waals surface area contributed by atoms with Crippen molar-refractivity contribution in [3.8, 4) is 0 Å². The average molecular weight is 435 g/mol. The highest BCUT2D eigenvalue weighted by molar-refractivity contribution is 14.0. The highest BCUT2D eigenvalue weighted by Crippen LogP contribution is 2.11. The lowest BCUT2D eigenvalue weighted by molar-refractivity contribution is 0.560. The number of halogens is 1. The van der Waals surface area contributed by atoms with Gasteiger partial charge >= 0.3 is 0 Å². The van der Waals surface area contributed by atoms with Crippen molar-refractivity contribution in [2.45, 2.75) is 53.9 Å². The molecule has 1 heterocycles. The summed E-state index contributed by atoms with van der Waals surface area (Å²) in [6.07, 6.45) is 3.36. The molecule has 0 spiro atoms. The normalized spacial score (nSPS) is 11.5. The fourth-order valence-corrected chi connectivity index (χ4v) is 2.52. The first-order chi connectivity index (χ1) is 10.5. The summed E-state index contributed by atoms with van der Waals surface area (Å²) in [6, 6.07) is 0. The first-order valence-electron chi connectivity index (χ1n) is 8.46. The fraction of sp³-hybridized carbons (Fsp3) is 0.765. The van der Waals surface area contributed by atoms with Crippen molar-refractivity contribution in [1.82, 2.24) is 20.4 Å². The molecular weight excluding hydrogens is 401 g/mol. The van der Waals surface area contributed by atoms with Gasteiger partial charge in [-0.15, -0.1) is 24.0 Å². The number of aliphatic imine (C=N–C) groups is 1. The zero-order valence-electron chi connectivity index (χ0n) is 15.6. The molecule has 0 atom stereocenters. The third-order valence-corrected chi connectivity index (χ3v) is 3.88. The minimum absolute atomic E-state index is 0. The summed E-state index contributed by atoms with van der Waals surface area (Å²) in [7, 11) is 2.00. The molecule has 6 heteroatoms. The van der Waals surface area contributed by atoms with E-state index in [2.05, 4.69) is 55.3 Å². The Bertz CT molecular complexity index is 480. The molecule has 0 fully saturated rings. The van der Waals surface area contributed by atoms with Gasteiger partial charge in [-0.3, -0.25) is 9.67 Å². The van der Waals surface area contributed by atoms with Crippen LogP contribution in [0, 0.1) is 19.8 Å². The molecule has 0 saturated carbocycles. The van der Waals surface area contributed by atoms with E-state index in [-0.39, 0.29) is 24.0 Å². The number of aromatic nitrogens is 2. The molecule has 23 heavy (non-hydrogen) atoms. The van der Waals surface area contributed by atoms with Crippen molar-refractivity contribution in [2.75, 3.05) is 19.6 Å². The molecule has 0 amide bonds. The standard InChI is InChI=1S/C17H33N5.HI/c1-7-18-17(19-11-8-9-13(2)3)20-12-10-16-14(4)21-22(6)15(16)5;/h13H,7-12H2,1-6H3,(H2,18,19,20);1H. The van der Waals surface area contributed by atoms with Gasteiger partial charge in [0, 0.05) is 32.4 Å². The highest BCUT2D eigenvalue weighted by atomic mass is 127. The molecule has 0 radical (unpaired) electrons. The molecule has 0 aliphatic carbocycles. The Morgan fingerprint density at radius 2 is 1.96 bits per heavy atom. The molecule has 2 N–H and O–H groups in total. The third kappa shape index (κ3) is 8.04. The molecule has 5 nitrogen and oxygen atoms in total. The quantitative estimate of drug-likeness (QED) is 0.286. The maximum Gasteiger partial charge on any atom is 0.191 e. The molecule has 0 aliphatic heterocycles. The molecule has 0 bridgehead atoms. The van der Waals surface area contributed by atoms with Crippen LogP contribution in [-0.4, -0.2) is 35.4 Å². The van der Waals surface area contributed by atoms with Crippen molar-refractivity contribution in [1.29, 1.82) is 0 Å². The summed E-state index contributed by atoms with van der Waals surface area (Å²) in [5, 5.41) is 11.2. The first-order valence-corrected chi connectivity index (χ1v) is 8.46. The van der Waals surface area contributed by atoms with Gasteiger partial charge < -0.3 is 10.6 Å². The largest absolute Gasteiger partial charge is 0.357 e. The lowest BCUT2D eigenvalue weighted by Crippen LogP contribution is -2.38. The summed E-state index contributed by atoms with van der Waals surface area (Å²) in [6.45, 7) is 13.5. The Labute approximate surface area is 158 Å². The number of guanidine groups is 1. The van der Waals surface area contributed by atoms with Crippen LogP contribution in [0.15, 0.2) is 4.99 Å². The average Bonchev–Trinajstić information content (AvgIpc) is 2.69. The fourth-order valence-electron chi connectivity index (χ4n) is 2.52. The van der Waals surface area contributed by atoms with Gasteiger partial charge in [0.15, 0.2) is 5.96 Å². The van der Waals surface area contributed by atoms with Gasteiger partial charge in [0.05, 0.1) is 5.69 Å². The van der Waals surface area contributed by atoms with Crippen LogP contribution in [0.2, 0.25) is 0 Å². The second kappa shape index (κ2) is 11.7. The molecule has 134 valence electrons. The predicted molar refractivity (Wildman–Crippen MR) is 110 cm³/mol. The zero-order chi connectivity index (χ0) is 16.5. The number of nitrogens with one attached hydrogen (secondary N) is 2. The van der Waals surface area contributed by atoms with E-state index in [9.17, 15) is 0 Å². The van der Waals surface area contributed by atoms with Crippen LogP contribution in [0.1, 0.15) is 50.6 Å². The number of aryl methyl sites for hydroxylation is 2. The van der Waals surface area contributed by atoms with Crippen LogP contribution >= 0.6 is 24.0 Å². The summed E-state index contributed by atoms with van der Waals surface area (Å²) >= 11 is 0. The van der Waals surface area contributed by atoms with E-state index >= 15 is 0 Å². The number of nitrogens with zero attached hydrogens (tertiary/aromatic N) is 3. The Balaban J connectivity index is 0.00000484. The molecule has 0 saturated heterocycles. The predicted octanol–water partition coefficient (Wildman–Crippen LogP) is 3.19. The van der Waals surface area contributed by atoms with Gasteiger partial charge in [0.25, 0.3) is 0 Å². The summed E-state index contributed by atoms with van der Waals surface area (Å²) in [5.41, 5.74) is 3.71. The van der Waals surface area contributed by atoms with E-state index in [1.165, 1.54) is 17.7 Å². The van der Waals surface area contributed by atoms with E-state index in [1.807, 2.05) is 11.7 Å². The molecule has 0 unspecified atom stereocenters. The Morgan fingerprint density at radius 1 is 1.26 bits per heavy atom. The monoisotopic (exact) mass is 435 g/mol. The van der Waals surface area contributed by atoms with Gasteiger partial charge in [0.1, 0.15) is 0 Å². The Hall–Kier alpha value is -0.790. The minimum atomic E-state index is 0. The highest BCUT2D eigenvalue weighted by Gasteiger charge is 2.08. The summed E-state index contributed by atoms with van der Waals surface area (Å²) in [4.78, 5) is 4.64. The van der Waals surface area contributed by atoms with Gasteiger partial charge in [-0.25, -0.2) is 0 Å². The van der Waals surface area contributed by atoms with Crippen LogP contribution in [0.3, 0.4) is 0 Å². The van der Waals surface area contributed by atoms with Crippen LogP contribution in [0.5, 0.6) is 0 Å². The van der Waals surface area contributed by atoms with E-state index in [1.54, 1.807) is 0 Å². The number of hydrogen-bond acceptors (Lipinski definition) is 2. The van der Waals surface area contributed by atoms with Crippen molar-refractivity contribution >= 4 is 29.9 Å². The van der Waals surface area contributed by atoms with E-state index in [0.29, 0.717) is 0 Å². The molecule has 0 aromatic carbocycles. The topological polar surface area (TPSA) is 54.2 Å². The maximum absolute atomic E-state index is 4.64. The number of rotatable bonds is 8. The SMILES string of the molecule is CCNC(=NCCCC(C)C)NCCc1c(C)nn(C)c1C.I. The Morgan fingerprint density at radius 3 is 2.48 bits per heavy atom. The summed E-state index contributed by atoms with van der Waals surface area (Å²) in [5.74, 6) is 1.67. The van der Waals surface area contributed by atoms with Crippen molar-refractivity contribution < 1.29 is 0 Å². The third-order valence-electron chi connectivity index (χ3n) is 3.88. The molecule has 0 aliphatic rings. The molecular formula is C17H34IN5. The van der Waals surface area contributed by atoms with Crippen LogP contribution in [0.25, 0.3) is 0 Å². The number of hydrogen-bond donors (Lipinski definition) is 2. The smallest absolute Gasteiger partial charge is 0.191 e. The second-order valence-electron chi connectivity index (χ2n) is 6.25. The van der Waals surface area contributed by atoms with Gasteiger partial charge in [-0.1, -0.05) is 13.8 Å². The van der Waals surface area contributed by atoms with Gasteiger partial charge in [-0.05, 0) is 51.5 Å². The summed E-state index contributed by atoms with van der Waals surface area (Å²) < 4.78 is 1.95. The molecule has 1 aromatic rings. The maximum atomic E-state index is 4.64. The van der Waals surface area contributed by atoms with Gasteiger partial charge in [-0.2, -0.15) is 5.10 Å².